The minimum absolute atomic E-state index is 0.226. The molecule has 4 heteroatoms. The van der Waals surface area contributed by atoms with Crippen molar-refractivity contribution in [3.05, 3.63) is 48.0 Å². The average molecular weight is 340 g/mol. The molecule has 4 nitrogen and oxygen atoms in total. The third-order valence-corrected chi connectivity index (χ3v) is 5.22. The lowest BCUT2D eigenvalue weighted by molar-refractivity contribution is 0.274. The summed E-state index contributed by atoms with van der Waals surface area (Å²) in [5.74, 6) is 1.54. The third-order valence-electron chi connectivity index (χ3n) is 5.22. The van der Waals surface area contributed by atoms with E-state index in [1.807, 2.05) is 6.07 Å². The summed E-state index contributed by atoms with van der Waals surface area (Å²) >= 11 is 0. The number of rotatable bonds is 6. The fraction of sp³-hybridized carbons (Fsp3) is 0.429. The molecule has 134 valence electrons. The highest BCUT2D eigenvalue weighted by Crippen LogP contribution is 2.38. The van der Waals surface area contributed by atoms with Crippen LogP contribution >= 0.6 is 0 Å². The zero-order valence-electron chi connectivity index (χ0n) is 15.4. The number of benzene rings is 2. The van der Waals surface area contributed by atoms with E-state index >= 15 is 0 Å². The second kappa shape index (κ2) is 7.46. The highest BCUT2D eigenvalue weighted by atomic mass is 16.5. The minimum Gasteiger partial charge on any atom is -0.493 e. The maximum absolute atomic E-state index is 5.96. The molecule has 0 amide bonds. The number of hydrogen-bond donors (Lipinski definition) is 1. The average Bonchev–Trinajstić information content (AvgIpc) is 3.03. The fourth-order valence-electron chi connectivity index (χ4n) is 3.61. The van der Waals surface area contributed by atoms with Gasteiger partial charge in [-0.1, -0.05) is 37.3 Å². The lowest BCUT2D eigenvalue weighted by atomic mass is 9.90. The molecule has 3 rings (SSSR count). The van der Waals surface area contributed by atoms with E-state index in [1.165, 1.54) is 16.7 Å². The lowest BCUT2D eigenvalue weighted by Crippen LogP contribution is -2.31. The first-order valence-corrected chi connectivity index (χ1v) is 8.81. The number of likely N-dealkylation sites (tertiary alicyclic amines) is 1. The summed E-state index contributed by atoms with van der Waals surface area (Å²) in [5, 5.41) is 0. The Balaban J connectivity index is 1.96. The van der Waals surface area contributed by atoms with Crippen LogP contribution in [0, 0.1) is 5.41 Å². The molecular formula is C21H28N2O2. The van der Waals surface area contributed by atoms with E-state index in [2.05, 4.69) is 48.2 Å². The first-order valence-electron chi connectivity index (χ1n) is 8.81. The van der Waals surface area contributed by atoms with Crippen molar-refractivity contribution in [1.82, 2.24) is 4.90 Å². The Morgan fingerprint density at radius 2 is 1.76 bits per heavy atom. The van der Waals surface area contributed by atoms with Crippen molar-refractivity contribution in [2.24, 2.45) is 11.1 Å². The van der Waals surface area contributed by atoms with Gasteiger partial charge in [-0.05, 0) is 53.7 Å². The van der Waals surface area contributed by atoms with Gasteiger partial charge >= 0.3 is 0 Å². The molecule has 1 atom stereocenters. The highest BCUT2D eigenvalue weighted by Gasteiger charge is 2.32. The van der Waals surface area contributed by atoms with Crippen molar-refractivity contribution >= 4 is 0 Å². The second-order valence-corrected chi connectivity index (χ2v) is 7.21. The zero-order chi connectivity index (χ0) is 17.9. The molecule has 2 N–H and O–H groups in total. The first kappa shape index (κ1) is 17.8. The fourth-order valence-corrected chi connectivity index (χ4v) is 3.61. The zero-order valence-corrected chi connectivity index (χ0v) is 15.4. The molecule has 1 saturated heterocycles. The smallest absolute Gasteiger partial charge is 0.161 e. The van der Waals surface area contributed by atoms with Gasteiger partial charge in [0.15, 0.2) is 11.5 Å². The molecule has 0 spiro atoms. The van der Waals surface area contributed by atoms with Gasteiger partial charge < -0.3 is 15.2 Å². The Kier molecular flexibility index (Phi) is 5.30. The summed E-state index contributed by atoms with van der Waals surface area (Å²) in [6, 6.07) is 14.6. The van der Waals surface area contributed by atoms with Crippen molar-refractivity contribution < 1.29 is 9.47 Å². The van der Waals surface area contributed by atoms with Gasteiger partial charge in [-0.25, -0.2) is 0 Å². The van der Waals surface area contributed by atoms with Crippen LogP contribution in [0.4, 0.5) is 0 Å². The molecule has 25 heavy (non-hydrogen) atoms. The second-order valence-electron chi connectivity index (χ2n) is 7.21. The van der Waals surface area contributed by atoms with Crippen LogP contribution < -0.4 is 15.2 Å². The SMILES string of the molecule is COc1cc(CN2CCC(C)(CN)C2)c(-c2ccccc2)cc1OC. The summed E-state index contributed by atoms with van der Waals surface area (Å²) in [4.78, 5) is 2.49. The summed E-state index contributed by atoms with van der Waals surface area (Å²) in [5.41, 5.74) is 9.83. The van der Waals surface area contributed by atoms with E-state index in [1.54, 1.807) is 14.2 Å². The molecule has 1 fully saturated rings. The van der Waals surface area contributed by atoms with E-state index < -0.39 is 0 Å². The van der Waals surface area contributed by atoms with Crippen molar-refractivity contribution in [2.75, 3.05) is 33.9 Å². The Morgan fingerprint density at radius 1 is 1.08 bits per heavy atom. The topological polar surface area (TPSA) is 47.7 Å². The number of methoxy groups -OCH3 is 2. The standard InChI is InChI=1S/C21H28N2O2/c1-21(14-22)9-10-23(15-21)13-17-11-19(24-2)20(25-3)12-18(17)16-7-5-4-6-8-16/h4-8,11-12H,9-10,13-15,22H2,1-3H3. The largest absolute Gasteiger partial charge is 0.493 e. The van der Waals surface area contributed by atoms with Gasteiger partial charge in [-0.3, -0.25) is 4.90 Å². The summed E-state index contributed by atoms with van der Waals surface area (Å²) in [6.07, 6.45) is 1.15. The van der Waals surface area contributed by atoms with Gasteiger partial charge in [0.2, 0.25) is 0 Å². The Hall–Kier alpha value is -2.04. The Labute approximate surface area is 150 Å². The van der Waals surface area contributed by atoms with E-state index in [-0.39, 0.29) is 5.41 Å². The molecule has 1 unspecified atom stereocenters. The van der Waals surface area contributed by atoms with Crippen molar-refractivity contribution in [3.8, 4) is 22.6 Å². The van der Waals surface area contributed by atoms with Gasteiger partial charge in [-0.15, -0.1) is 0 Å². The van der Waals surface area contributed by atoms with Gasteiger partial charge in [0.05, 0.1) is 14.2 Å². The van der Waals surface area contributed by atoms with Crippen LogP contribution in [0.2, 0.25) is 0 Å². The summed E-state index contributed by atoms with van der Waals surface area (Å²) < 4.78 is 11.0. The molecule has 0 radical (unpaired) electrons. The number of hydrogen-bond acceptors (Lipinski definition) is 4. The van der Waals surface area contributed by atoms with E-state index in [0.717, 1.165) is 44.1 Å². The van der Waals surface area contributed by atoms with Gasteiger partial charge in [0.25, 0.3) is 0 Å². The molecule has 0 aromatic heterocycles. The molecule has 2 aromatic rings. The monoisotopic (exact) mass is 340 g/mol. The van der Waals surface area contributed by atoms with Crippen molar-refractivity contribution in [3.63, 3.8) is 0 Å². The first-order chi connectivity index (χ1) is 12.1. The van der Waals surface area contributed by atoms with E-state index in [4.69, 9.17) is 15.2 Å². The molecule has 0 aliphatic carbocycles. The normalized spacial score (nSPS) is 20.6. The predicted octanol–water partition coefficient (Wildman–Crippen LogP) is 3.54. The number of nitrogens with two attached hydrogens (primary N) is 1. The third kappa shape index (κ3) is 3.80. The van der Waals surface area contributed by atoms with Gasteiger partial charge in [-0.2, -0.15) is 0 Å². The van der Waals surface area contributed by atoms with E-state index in [0.29, 0.717) is 0 Å². The summed E-state index contributed by atoms with van der Waals surface area (Å²) in [6.45, 7) is 6.02. The molecule has 0 bridgehead atoms. The molecule has 0 saturated carbocycles. The van der Waals surface area contributed by atoms with Crippen LogP contribution in [0.1, 0.15) is 18.9 Å². The molecule has 2 aromatic carbocycles. The van der Waals surface area contributed by atoms with Crippen LogP contribution in [0.25, 0.3) is 11.1 Å². The summed E-state index contributed by atoms with van der Waals surface area (Å²) in [7, 11) is 3.37. The van der Waals surface area contributed by atoms with Crippen LogP contribution in [-0.2, 0) is 6.54 Å². The molecular weight excluding hydrogens is 312 g/mol. The molecule has 1 aliphatic rings. The maximum atomic E-state index is 5.96. The van der Waals surface area contributed by atoms with E-state index in [9.17, 15) is 0 Å². The van der Waals surface area contributed by atoms with Crippen LogP contribution in [0.3, 0.4) is 0 Å². The van der Waals surface area contributed by atoms with Crippen LogP contribution in [0.5, 0.6) is 11.5 Å². The van der Waals surface area contributed by atoms with Crippen molar-refractivity contribution in [2.45, 2.75) is 19.9 Å². The predicted molar refractivity (Wildman–Crippen MR) is 102 cm³/mol. The Bertz CT molecular complexity index is 717. The van der Waals surface area contributed by atoms with Gasteiger partial charge in [0, 0.05) is 13.1 Å². The minimum atomic E-state index is 0.226. The lowest BCUT2D eigenvalue weighted by Gasteiger charge is -2.24. The van der Waals surface area contributed by atoms with Crippen molar-refractivity contribution in [1.29, 1.82) is 0 Å². The molecule has 1 aliphatic heterocycles. The quantitative estimate of drug-likeness (QED) is 0.874. The highest BCUT2D eigenvalue weighted by molar-refractivity contribution is 5.71. The van der Waals surface area contributed by atoms with Crippen LogP contribution in [0.15, 0.2) is 42.5 Å². The van der Waals surface area contributed by atoms with Crippen LogP contribution in [-0.4, -0.2) is 38.8 Å². The maximum Gasteiger partial charge on any atom is 0.161 e. The molecule has 1 heterocycles. The Morgan fingerprint density at radius 3 is 2.36 bits per heavy atom. The van der Waals surface area contributed by atoms with Gasteiger partial charge in [0.1, 0.15) is 0 Å². The number of ether oxygens (including phenoxy) is 2. The number of nitrogens with zero attached hydrogens (tertiary/aromatic N) is 1.